The predicted octanol–water partition coefficient (Wildman–Crippen LogP) is 1.87. The first kappa shape index (κ1) is 16.6. The number of aromatic nitrogens is 4. The molecular formula is C17H18N6O2S. The molecule has 0 N–H and O–H groups in total. The van der Waals surface area contributed by atoms with Crippen LogP contribution in [0.1, 0.15) is 12.3 Å². The van der Waals surface area contributed by atoms with Gasteiger partial charge in [0.05, 0.1) is 6.20 Å². The lowest BCUT2D eigenvalue weighted by molar-refractivity contribution is -0.131. The number of carbonyl (C=O) groups is 1. The van der Waals surface area contributed by atoms with Crippen LogP contribution < -0.4 is 4.90 Å². The second-order valence-corrected chi connectivity index (χ2v) is 6.72. The number of amides is 1. The minimum atomic E-state index is 0.110. The topological polar surface area (TPSA) is 88.3 Å². The van der Waals surface area contributed by atoms with Crippen molar-refractivity contribution in [2.24, 2.45) is 0 Å². The smallest absolute Gasteiger partial charge is 0.248 e. The van der Waals surface area contributed by atoms with E-state index in [2.05, 4.69) is 25.1 Å². The van der Waals surface area contributed by atoms with Crippen LogP contribution in [0.5, 0.6) is 0 Å². The maximum atomic E-state index is 12.4. The molecular weight excluding hydrogens is 352 g/mol. The molecule has 134 valence electrons. The van der Waals surface area contributed by atoms with Crippen LogP contribution in [-0.4, -0.2) is 57.2 Å². The average Bonchev–Trinajstić information content (AvgIpc) is 3.38. The van der Waals surface area contributed by atoms with Gasteiger partial charge in [-0.3, -0.25) is 9.78 Å². The monoisotopic (exact) mass is 370 g/mol. The van der Waals surface area contributed by atoms with Crippen molar-refractivity contribution in [1.82, 2.24) is 25.1 Å². The summed E-state index contributed by atoms with van der Waals surface area (Å²) in [5.41, 5.74) is 0.917. The third kappa shape index (κ3) is 3.72. The summed E-state index contributed by atoms with van der Waals surface area (Å²) in [5, 5.41) is 12.0. The molecule has 4 rings (SSSR count). The molecule has 0 atom stereocenters. The summed E-state index contributed by atoms with van der Waals surface area (Å²) in [4.78, 5) is 24.9. The molecule has 1 saturated heterocycles. The first-order valence-corrected chi connectivity index (χ1v) is 9.37. The van der Waals surface area contributed by atoms with E-state index >= 15 is 0 Å². The molecule has 1 aliphatic rings. The fraction of sp³-hybridized carbons (Fsp3) is 0.353. The molecule has 0 aromatic carbocycles. The Balaban J connectivity index is 1.27. The third-order valence-corrected chi connectivity index (χ3v) is 4.98. The van der Waals surface area contributed by atoms with Gasteiger partial charge in [0.1, 0.15) is 5.82 Å². The van der Waals surface area contributed by atoms with E-state index < -0.39 is 0 Å². The van der Waals surface area contributed by atoms with Crippen molar-refractivity contribution in [1.29, 1.82) is 0 Å². The fourth-order valence-corrected chi connectivity index (χ4v) is 3.50. The third-order valence-electron chi connectivity index (χ3n) is 4.29. The van der Waals surface area contributed by atoms with Crippen LogP contribution in [0.4, 0.5) is 5.82 Å². The van der Waals surface area contributed by atoms with Gasteiger partial charge < -0.3 is 14.2 Å². The highest BCUT2D eigenvalue weighted by Crippen LogP contribution is 2.21. The van der Waals surface area contributed by atoms with Crippen LogP contribution in [0.25, 0.3) is 11.5 Å². The van der Waals surface area contributed by atoms with Crippen LogP contribution in [0.2, 0.25) is 0 Å². The summed E-state index contributed by atoms with van der Waals surface area (Å²) in [5.74, 6) is 1.97. The van der Waals surface area contributed by atoms with Crippen LogP contribution in [0, 0.1) is 0 Å². The van der Waals surface area contributed by atoms with E-state index in [4.69, 9.17) is 4.42 Å². The number of thiophene rings is 1. The number of piperazine rings is 1. The molecule has 26 heavy (non-hydrogen) atoms. The highest BCUT2D eigenvalue weighted by atomic mass is 32.1. The van der Waals surface area contributed by atoms with Gasteiger partial charge in [0, 0.05) is 62.4 Å². The molecule has 0 unspecified atom stereocenters. The largest absolute Gasteiger partial charge is 0.421 e. The van der Waals surface area contributed by atoms with Crippen molar-refractivity contribution in [2.45, 2.75) is 12.8 Å². The minimum absolute atomic E-state index is 0.110. The van der Waals surface area contributed by atoms with Gasteiger partial charge in [0.2, 0.25) is 17.7 Å². The van der Waals surface area contributed by atoms with Gasteiger partial charge in [-0.2, -0.15) is 11.3 Å². The summed E-state index contributed by atoms with van der Waals surface area (Å²) >= 11 is 1.58. The Morgan fingerprint density at radius 2 is 2.08 bits per heavy atom. The Morgan fingerprint density at radius 3 is 2.81 bits per heavy atom. The second kappa shape index (κ2) is 7.61. The van der Waals surface area contributed by atoms with E-state index in [0.717, 1.165) is 24.5 Å². The zero-order valence-corrected chi connectivity index (χ0v) is 14.9. The number of hydrogen-bond acceptors (Lipinski definition) is 8. The highest BCUT2D eigenvalue weighted by molar-refractivity contribution is 7.08. The first-order chi connectivity index (χ1) is 12.8. The standard InChI is InChI=1S/C17H18N6O2S/c24-16(2-1-15-20-21-17(25-15)13-3-10-26-12-13)23-8-6-22(7-9-23)14-11-18-4-5-19-14/h3-5,10-12H,1-2,6-9H2. The molecule has 4 heterocycles. The van der Waals surface area contributed by atoms with Gasteiger partial charge in [-0.1, -0.05) is 0 Å². The summed E-state index contributed by atoms with van der Waals surface area (Å²) in [6.07, 6.45) is 5.92. The summed E-state index contributed by atoms with van der Waals surface area (Å²) in [7, 11) is 0. The Labute approximate surface area is 154 Å². The molecule has 1 amide bonds. The second-order valence-electron chi connectivity index (χ2n) is 5.94. The van der Waals surface area contributed by atoms with E-state index in [9.17, 15) is 4.79 Å². The highest BCUT2D eigenvalue weighted by Gasteiger charge is 2.22. The molecule has 0 radical (unpaired) electrons. The number of nitrogens with zero attached hydrogens (tertiary/aromatic N) is 6. The Bertz CT molecular complexity index is 843. The van der Waals surface area contributed by atoms with Crippen LogP contribution in [-0.2, 0) is 11.2 Å². The fourth-order valence-electron chi connectivity index (χ4n) is 2.87. The summed E-state index contributed by atoms with van der Waals surface area (Å²) in [6, 6.07) is 1.93. The van der Waals surface area contributed by atoms with E-state index in [1.54, 1.807) is 29.9 Å². The number of aryl methyl sites for hydroxylation is 1. The van der Waals surface area contributed by atoms with Crippen molar-refractivity contribution in [2.75, 3.05) is 31.1 Å². The van der Waals surface area contributed by atoms with Crippen LogP contribution in [0.3, 0.4) is 0 Å². The van der Waals surface area contributed by atoms with Gasteiger partial charge in [-0.15, -0.1) is 10.2 Å². The molecule has 0 saturated carbocycles. The minimum Gasteiger partial charge on any atom is -0.421 e. The molecule has 1 fully saturated rings. The van der Waals surface area contributed by atoms with Gasteiger partial charge in [0.25, 0.3) is 0 Å². The predicted molar refractivity (Wildman–Crippen MR) is 96.8 cm³/mol. The number of rotatable bonds is 5. The number of anilines is 1. The maximum Gasteiger partial charge on any atom is 0.248 e. The van der Waals surface area contributed by atoms with Crippen molar-refractivity contribution in [3.05, 3.63) is 41.3 Å². The lowest BCUT2D eigenvalue weighted by Crippen LogP contribution is -2.49. The van der Waals surface area contributed by atoms with E-state index in [1.807, 2.05) is 21.7 Å². The van der Waals surface area contributed by atoms with Gasteiger partial charge >= 0.3 is 0 Å². The molecule has 0 bridgehead atoms. The van der Waals surface area contributed by atoms with E-state index in [0.29, 0.717) is 37.7 Å². The van der Waals surface area contributed by atoms with Crippen molar-refractivity contribution in [3.63, 3.8) is 0 Å². The molecule has 3 aromatic heterocycles. The Hall–Kier alpha value is -2.81. The molecule has 0 spiro atoms. The molecule has 8 nitrogen and oxygen atoms in total. The average molecular weight is 370 g/mol. The molecule has 3 aromatic rings. The van der Waals surface area contributed by atoms with Gasteiger partial charge in [-0.25, -0.2) is 4.98 Å². The Kier molecular flexibility index (Phi) is 4.87. The maximum absolute atomic E-state index is 12.4. The first-order valence-electron chi connectivity index (χ1n) is 8.43. The van der Waals surface area contributed by atoms with Crippen LogP contribution >= 0.6 is 11.3 Å². The normalized spacial score (nSPS) is 14.6. The number of carbonyl (C=O) groups excluding carboxylic acids is 1. The lowest BCUT2D eigenvalue weighted by Gasteiger charge is -2.35. The lowest BCUT2D eigenvalue weighted by atomic mass is 10.2. The molecule has 9 heteroatoms. The number of hydrogen-bond donors (Lipinski definition) is 0. The zero-order valence-electron chi connectivity index (χ0n) is 14.1. The molecule has 1 aliphatic heterocycles. The summed E-state index contributed by atoms with van der Waals surface area (Å²) in [6.45, 7) is 2.87. The van der Waals surface area contributed by atoms with Crippen molar-refractivity contribution in [3.8, 4) is 11.5 Å². The SMILES string of the molecule is O=C(CCc1nnc(-c2ccsc2)o1)N1CCN(c2cnccn2)CC1. The quantitative estimate of drug-likeness (QED) is 0.677. The van der Waals surface area contributed by atoms with Crippen molar-refractivity contribution < 1.29 is 9.21 Å². The van der Waals surface area contributed by atoms with Crippen molar-refractivity contribution >= 4 is 23.1 Å². The Morgan fingerprint density at radius 1 is 1.19 bits per heavy atom. The van der Waals surface area contributed by atoms with Gasteiger partial charge in [0.15, 0.2) is 0 Å². The van der Waals surface area contributed by atoms with E-state index in [-0.39, 0.29) is 5.91 Å². The van der Waals surface area contributed by atoms with E-state index in [1.165, 1.54) is 0 Å². The molecule has 0 aliphatic carbocycles. The zero-order chi connectivity index (χ0) is 17.8. The summed E-state index contributed by atoms with van der Waals surface area (Å²) < 4.78 is 5.63. The van der Waals surface area contributed by atoms with Gasteiger partial charge in [-0.05, 0) is 11.4 Å². The van der Waals surface area contributed by atoms with Crippen LogP contribution in [0.15, 0.2) is 39.8 Å².